The molecule has 0 spiro atoms. The quantitative estimate of drug-likeness (QED) is 0.307. The third-order valence-corrected chi connectivity index (χ3v) is 4.49. The molecular formula is C22H26FN3O4S. The van der Waals surface area contributed by atoms with Crippen LogP contribution in [0.1, 0.15) is 31.7 Å². The zero-order valence-corrected chi connectivity index (χ0v) is 18.1. The average molecular weight is 448 g/mol. The fourth-order valence-electron chi connectivity index (χ4n) is 2.81. The number of nitrogens with one attached hydrogen (secondary N) is 3. The normalized spacial score (nSPS) is 10.3. The minimum Gasteiger partial charge on any atom is -0.481 e. The van der Waals surface area contributed by atoms with Crippen molar-refractivity contribution >= 4 is 34.9 Å². The molecular weight excluding hydrogens is 421 g/mol. The average Bonchev–Trinajstić information content (AvgIpc) is 2.69. The molecule has 7 nitrogen and oxygen atoms in total. The van der Waals surface area contributed by atoms with Gasteiger partial charge < -0.3 is 25.8 Å². The Balaban J connectivity index is 1.89. The van der Waals surface area contributed by atoms with E-state index in [2.05, 4.69) is 16.0 Å². The largest absolute Gasteiger partial charge is 0.481 e. The van der Waals surface area contributed by atoms with Gasteiger partial charge in [0.1, 0.15) is 17.3 Å². The molecule has 0 radical (unpaired) electrons. The minimum atomic E-state index is -0.881. The first-order valence-electron chi connectivity index (χ1n) is 9.91. The van der Waals surface area contributed by atoms with E-state index in [9.17, 15) is 14.0 Å². The van der Waals surface area contributed by atoms with Gasteiger partial charge in [-0.3, -0.25) is 9.59 Å². The Morgan fingerprint density at radius 1 is 1.06 bits per heavy atom. The van der Waals surface area contributed by atoms with Gasteiger partial charge in [0.2, 0.25) is 5.91 Å². The number of halogens is 1. The predicted molar refractivity (Wildman–Crippen MR) is 121 cm³/mol. The van der Waals surface area contributed by atoms with E-state index < -0.39 is 5.97 Å². The molecule has 0 fully saturated rings. The number of carbonyl (C=O) groups excluding carboxylic acids is 1. The molecule has 2 rings (SSSR count). The third kappa shape index (κ3) is 9.43. The zero-order chi connectivity index (χ0) is 22.6. The molecule has 0 unspecified atom stereocenters. The van der Waals surface area contributed by atoms with Crippen molar-refractivity contribution < 1.29 is 23.8 Å². The lowest BCUT2D eigenvalue weighted by atomic mass is 10.1. The number of carboxylic acid groups (broad SMARTS) is 1. The molecule has 0 aliphatic heterocycles. The van der Waals surface area contributed by atoms with Crippen LogP contribution in [-0.2, 0) is 16.0 Å². The van der Waals surface area contributed by atoms with Gasteiger partial charge >= 0.3 is 5.97 Å². The van der Waals surface area contributed by atoms with Gasteiger partial charge in [-0.1, -0.05) is 6.07 Å². The topological polar surface area (TPSA) is 99.7 Å². The lowest BCUT2D eigenvalue weighted by Crippen LogP contribution is -2.36. The monoisotopic (exact) mass is 447 g/mol. The van der Waals surface area contributed by atoms with E-state index in [-0.39, 0.29) is 24.7 Å². The number of unbranched alkanes of at least 4 members (excludes halogenated alkanes) is 1. The van der Waals surface area contributed by atoms with Crippen molar-refractivity contribution in [3.63, 3.8) is 0 Å². The van der Waals surface area contributed by atoms with E-state index in [0.717, 1.165) is 18.4 Å². The number of hydrogen-bond donors (Lipinski definition) is 4. The number of anilines is 1. The lowest BCUT2D eigenvalue weighted by Gasteiger charge is -2.14. The molecule has 0 atom stereocenters. The number of carbonyl (C=O) groups is 2. The van der Waals surface area contributed by atoms with Crippen LogP contribution < -0.4 is 20.7 Å². The maximum atomic E-state index is 13.4. The SMILES string of the molecule is CC(=O)Nc1ccc(Oc2cccc(F)c2)cc1CCCCNC(=S)NCCC(=O)O. The number of aliphatic carboxylic acids is 1. The van der Waals surface area contributed by atoms with Gasteiger partial charge in [0.05, 0.1) is 6.42 Å². The summed E-state index contributed by atoms with van der Waals surface area (Å²) in [5.74, 6) is -0.480. The Labute approximate surface area is 186 Å². The van der Waals surface area contributed by atoms with Gasteiger partial charge in [-0.15, -0.1) is 0 Å². The predicted octanol–water partition coefficient (Wildman–Crippen LogP) is 3.84. The van der Waals surface area contributed by atoms with Crippen LogP contribution in [0.3, 0.4) is 0 Å². The number of benzene rings is 2. The molecule has 0 saturated heterocycles. The first kappa shape index (κ1) is 24.1. The summed E-state index contributed by atoms with van der Waals surface area (Å²) in [7, 11) is 0. The van der Waals surface area contributed by atoms with Crippen molar-refractivity contribution in [2.24, 2.45) is 0 Å². The summed E-state index contributed by atoms with van der Waals surface area (Å²) in [6.45, 7) is 2.36. The van der Waals surface area contributed by atoms with Crippen LogP contribution in [0, 0.1) is 5.82 Å². The number of aryl methyl sites for hydroxylation is 1. The number of ether oxygens (including phenoxy) is 1. The summed E-state index contributed by atoms with van der Waals surface area (Å²) in [5.41, 5.74) is 1.61. The molecule has 2 aromatic rings. The van der Waals surface area contributed by atoms with Gasteiger partial charge in [0.15, 0.2) is 5.11 Å². The number of rotatable bonds is 11. The Bertz CT molecular complexity index is 923. The summed E-state index contributed by atoms with van der Waals surface area (Å²) >= 11 is 5.10. The molecule has 0 saturated carbocycles. The summed E-state index contributed by atoms with van der Waals surface area (Å²) in [6.07, 6.45) is 2.33. The van der Waals surface area contributed by atoms with Crippen LogP contribution >= 0.6 is 12.2 Å². The van der Waals surface area contributed by atoms with Crippen molar-refractivity contribution in [2.45, 2.75) is 32.6 Å². The molecule has 0 aliphatic carbocycles. The number of thiocarbonyl (C=S) groups is 1. The second kappa shape index (κ2) is 12.5. The Kier molecular flexibility index (Phi) is 9.70. The Morgan fingerprint density at radius 2 is 1.81 bits per heavy atom. The van der Waals surface area contributed by atoms with Gasteiger partial charge in [-0.05, 0) is 67.4 Å². The lowest BCUT2D eigenvalue weighted by molar-refractivity contribution is -0.136. The van der Waals surface area contributed by atoms with Crippen molar-refractivity contribution in [1.29, 1.82) is 0 Å². The number of amides is 1. The van der Waals surface area contributed by atoms with Crippen LogP contribution in [0.4, 0.5) is 10.1 Å². The first-order chi connectivity index (χ1) is 14.8. The Morgan fingerprint density at radius 3 is 2.52 bits per heavy atom. The van der Waals surface area contributed by atoms with E-state index in [4.69, 9.17) is 22.1 Å². The molecule has 2 aromatic carbocycles. The molecule has 0 aromatic heterocycles. The second-order valence-electron chi connectivity index (χ2n) is 6.84. The minimum absolute atomic E-state index is 0.00177. The fraction of sp³-hybridized carbons (Fsp3) is 0.318. The van der Waals surface area contributed by atoms with E-state index in [1.165, 1.54) is 19.1 Å². The van der Waals surface area contributed by atoms with Gasteiger partial charge in [0, 0.05) is 31.8 Å². The summed E-state index contributed by atoms with van der Waals surface area (Å²) < 4.78 is 19.1. The molecule has 0 bridgehead atoms. The molecule has 166 valence electrons. The summed E-state index contributed by atoms with van der Waals surface area (Å²) in [4.78, 5) is 22.0. The van der Waals surface area contributed by atoms with Gasteiger partial charge in [-0.2, -0.15) is 0 Å². The second-order valence-corrected chi connectivity index (χ2v) is 7.25. The van der Waals surface area contributed by atoms with E-state index >= 15 is 0 Å². The highest BCUT2D eigenvalue weighted by atomic mass is 32.1. The summed E-state index contributed by atoms with van der Waals surface area (Å²) in [6, 6.07) is 11.2. The fourth-order valence-corrected chi connectivity index (χ4v) is 3.01. The van der Waals surface area contributed by atoms with Gasteiger partial charge in [-0.25, -0.2) is 4.39 Å². The van der Waals surface area contributed by atoms with Crippen LogP contribution in [-0.4, -0.2) is 35.2 Å². The molecule has 0 aliphatic rings. The molecule has 9 heteroatoms. The van der Waals surface area contributed by atoms with Gasteiger partial charge in [0.25, 0.3) is 0 Å². The van der Waals surface area contributed by atoms with Crippen molar-refractivity contribution in [3.8, 4) is 11.5 Å². The highest BCUT2D eigenvalue weighted by Crippen LogP contribution is 2.28. The van der Waals surface area contributed by atoms with E-state index in [1.807, 2.05) is 6.07 Å². The maximum absolute atomic E-state index is 13.4. The molecule has 4 N–H and O–H groups in total. The Hall–Kier alpha value is -3.20. The van der Waals surface area contributed by atoms with E-state index in [0.29, 0.717) is 35.3 Å². The van der Waals surface area contributed by atoms with Crippen LogP contribution in [0.2, 0.25) is 0 Å². The van der Waals surface area contributed by atoms with Crippen molar-refractivity contribution in [3.05, 3.63) is 53.8 Å². The van der Waals surface area contributed by atoms with Crippen LogP contribution in [0.15, 0.2) is 42.5 Å². The zero-order valence-electron chi connectivity index (χ0n) is 17.2. The molecule has 31 heavy (non-hydrogen) atoms. The number of carboxylic acids is 1. The van der Waals surface area contributed by atoms with E-state index in [1.54, 1.807) is 24.3 Å². The standard InChI is InChI=1S/C22H26FN3O4S/c1-15(27)26-20-9-8-19(30-18-7-4-6-17(23)14-18)13-16(20)5-2-3-11-24-22(31)25-12-10-21(28)29/h4,6-9,13-14H,2-3,5,10-12H2,1H3,(H,26,27)(H,28,29)(H2,24,25,31). The number of hydrogen-bond acceptors (Lipinski definition) is 4. The van der Waals surface area contributed by atoms with Crippen molar-refractivity contribution in [2.75, 3.05) is 18.4 Å². The van der Waals surface area contributed by atoms with Crippen LogP contribution in [0.25, 0.3) is 0 Å². The molecule has 1 amide bonds. The summed E-state index contributed by atoms with van der Waals surface area (Å²) in [5, 5.41) is 17.7. The highest BCUT2D eigenvalue weighted by molar-refractivity contribution is 7.80. The smallest absolute Gasteiger partial charge is 0.305 e. The van der Waals surface area contributed by atoms with Crippen molar-refractivity contribution in [1.82, 2.24) is 10.6 Å². The third-order valence-electron chi connectivity index (χ3n) is 4.20. The maximum Gasteiger partial charge on any atom is 0.305 e. The highest BCUT2D eigenvalue weighted by Gasteiger charge is 2.08. The molecule has 0 heterocycles. The van der Waals surface area contributed by atoms with Crippen LogP contribution in [0.5, 0.6) is 11.5 Å². The first-order valence-corrected chi connectivity index (χ1v) is 10.3.